The van der Waals surface area contributed by atoms with Crippen LogP contribution in [0.15, 0.2) is 29.0 Å². The first-order valence-corrected chi connectivity index (χ1v) is 7.17. The molecule has 5 nitrogen and oxygen atoms in total. The van der Waals surface area contributed by atoms with Crippen LogP contribution >= 0.6 is 11.3 Å². The van der Waals surface area contributed by atoms with Crippen LogP contribution in [0.4, 0.5) is 0 Å². The maximum absolute atomic E-state index is 9.04. The third-order valence-corrected chi connectivity index (χ3v) is 3.36. The monoisotopic (exact) mass is 295 g/mol. The van der Waals surface area contributed by atoms with Gasteiger partial charge in [0.2, 0.25) is 0 Å². The lowest BCUT2D eigenvalue weighted by Crippen LogP contribution is -2.13. The van der Waals surface area contributed by atoms with E-state index >= 15 is 0 Å². The molecule has 3 rings (SSSR count). The smallest absolute Gasteiger partial charge is 0.172 e. The molecule has 1 aromatic carbocycles. The quantitative estimate of drug-likeness (QED) is 0.739. The van der Waals surface area contributed by atoms with Crippen molar-refractivity contribution in [2.24, 2.45) is 5.73 Å². The molecule has 0 unspecified atom stereocenters. The van der Waals surface area contributed by atoms with Gasteiger partial charge >= 0.3 is 0 Å². The Kier molecular flexibility index (Phi) is 5.09. The van der Waals surface area contributed by atoms with Crippen LogP contribution in [0.2, 0.25) is 0 Å². The molecule has 0 saturated heterocycles. The Morgan fingerprint density at radius 1 is 1.05 bits per heavy atom. The molecule has 0 atom stereocenters. The van der Waals surface area contributed by atoms with Crippen LogP contribution in [0, 0.1) is 0 Å². The van der Waals surface area contributed by atoms with Gasteiger partial charge in [0.1, 0.15) is 13.2 Å². The summed E-state index contributed by atoms with van der Waals surface area (Å²) in [5.41, 5.74) is 6.24. The molecule has 0 aliphatic carbocycles. The van der Waals surface area contributed by atoms with Crippen molar-refractivity contribution in [3.63, 3.8) is 0 Å². The van der Waals surface area contributed by atoms with E-state index in [1.165, 1.54) is 12.1 Å². The van der Waals surface area contributed by atoms with Crippen molar-refractivity contribution in [3.8, 4) is 23.0 Å². The highest BCUT2D eigenvalue weighted by Crippen LogP contribution is 2.33. The van der Waals surface area contributed by atoms with E-state index in [4.69, 9.17) is 25.4 Å². The molecule has 2 aromatic rings. The fourth-order valence-electron chi connectivity index (χ4n) is 1.68. The fourth-order valence-corrected chi connectivity index (χ4v) is 2.36. The normalized spacial score (nSPS) is 12.4. The molecule has 6 heteroatoms. The van der Waals surface area contributed by atoms with E-state index in [-0.39, 0.29) is 11.5 Å². The first kappa shape index (κ1) is 14.5. The number of benzene rings is 1. The molecule has 108 valence electrons. The Morgan fingerprint density at radius 3 is 2.25 bits per heavy atom. The number of phenols is 2. The summed E-state index contributed by atoms with van der Waals surface area (Å²) in [7, 11) is 0. The predicted molar refractivity (Wildman–Crippen MR) is 77.8 cm³/mol. The number of ether oxygens (including phenoxy) is 2. The summed E-state index contributed by atoms with van der Waals surface area (Å²) in [4.78, 5) is 0. The fraction of sp³-hybridized carbons (Fsp3) is 0.286. The molecule has 1 aliphatic heterocycles. The zero-order valence-corrected chi connectivity index (χ0v) is 11.7. The van der Waals surface area contributed by atoms with Gasteiger partial charge in [-0.2, -0.15) is 0 Å². The van der Waals surface area contributed by atoms with E-state index < -0.39 is 0 Å². The summed E-state index contributed by atoms with van der Waals surface area (Å²) >= 11 is 1.61. The van der Waals surface area contributed by atoms with E-state index in [0.29, 0.717) is 26.2 Å². The van der Waals surface area contributed by atoms with E-state index in [2.05, 4.69) is 0 Å². The van der Waals surface area contributed by atoms with Gasteiger partial charge in [-0.15, -0.1) is 11.3 Å². The summed E-state index contributed by atoms with van der Waals surface area (Å²) in [5, 5.41) is 21.9. The van der Waals surface area contributed by atoms with Crippen LogP contribution in [-0.4, -0.2) is 30.0 Å². The summed E-state index contributed by atoms with van der Waals surface area (Å²) in [6.45, 7) is 1.91. The molecular weight excluding hydrogens is 278 g/mol. The number of thiophene rings is 1. The Bertz CT molecular complexity index is 535. The molecule has 0 amide bonds. The molecule has 2 heterocycles. The highest BCUT2D eigenvalue weighted by Gasteiger charge is 2.10. The van der Waals surface area contributed by atoms with Crippen LogP contribution < -0.4 is 15.2 Å². The maximum atomic E-state index is 9.04. The number of aromatic hydroxyl groups is 2. The Hall–Kier alpha value is -1.92. The van der Waals surface area contributed by atoms with Crippen molar-refractivity contribution < 1.29 is 19.7 Å². The van der Waals surface area contributed by atoms with Gasteiger partial charge in [-0.25, -0.2) is 0 Å². The molecule has 0 saturated carbocycles. The summed E-state index contributed by atoms with van der Waals surface area (Å²) in [5.74, 6) is 1.61. The average molecular weight is 295 g/mol. The van der Waals surface area contributed by atoms with Crippen molar-refractivity contribution >= 4 is 11.3 Å². The van der Waals surface area contributed by atoms with Gasteiger partial charge < -0.3 is 25.4 Å². The third kappa shape index (κ3) is 3.79. The second kappa shape index (κ2) is 7.02. The minimum Gasteiger partial charge on any atom is -0.504 e. The van der Waals surface area contributed by atoms with Crippen molar-refractivity contribution in [1.29, 1.82) is 0 Å². The van der Waals surface area contributed by atoms with Crippen LogP contribution in [0.5, 0.6) is 23.0 Å². The highest BCUT2D eigenvalue weighted by atomic mass is 32.1. The number of nitrogens with two attached hydrogens (primary N) is 1. The van der Waals surface area contributed by atoms with E-state index in [1.807, 2.05) is 10.8 Å². The minimum absolute atomic E-state index is 0.0871. The minimum atomic E-state index is -0.0919. The van der Waals surface area contributed by atoms with E-state index in [1.54, 1.807) is 17.4 Å². The van der Waals surface area contributed by atoms with E-state index in [9.17, 15) is 0 Å². The van der Waals surface area contributed by atoms with Crippen LogP contribution in [0.3, 0.4) is 0 Å². The first-order valence-electron chi connectivity index (χ1n) is 6.23. The lowest BCUT2D eigenvalue weighted by atomic mass is 10.1. The zero-order chi connectivity index (χ0) is 14.4. The molecule has 1 aliphatic rings. The summed E-state index contributed by atoms with van der Waals surface area (Å²) in [6.07, 6.45) is 0.716. The molecule has 1 aromatic heterocycles. The van der Waals surface area contributed by atoms with Gasteiger partial charge in [0.15, 0.2) is 23.0 Å². The first-order chi connectivity index (χ1) is 9.70. The Balaban J connectivity index is 0.000000149. The molecule has 4 N–H and O–H groups in total. The van der Waals surface area contributed by atoms with Crippen LogP contribution in [0.25, 0.3) is 0 Å². The van der Waals surface area contributed by atoms with Crippen molar-refractivity contribution in [2.75, 3.05) is 19.8 Å². The maximum Gasteiger partial charge on any atom is 0.172 e. The molecule has 20 heavy (non-hydrogen) atoms. The van der Waals surface area contributed by atoms with Gasteiger partial charge in [0, 0.05) is 10.8 Å². The Labute approximate surface area is 121 Å². The summed E-state index contributed by atoms with van der Waals surface area (Å²) < 4.78 is 10.5. The topological polar surface area (TPSA) is 84.9 Å². The van der Waals surface area contributed by atoms with Gasteiger partial charge in [0.25, 0.3) is 0 Å². The van der Waals surface area contributed by atoms with E-state index in [0.717, 1.165) is 17.1 Å². The molecule has 0 spiro atoms. The van der Waals surface area contributed by atoms with Crippen LogP contribution in [-0.2, 0) is 6.42 Å². The third-order valence-electron chi connectivity index (χ3n) is 2.66. The van der Waals surface area contributed by atoms with Crippen LogP contribution in [0.1, 0.15) is 5.56 Å². The summed E-state index contributed by atoms with van der Waals surface area (Å²) in [6, 6.07) is 4.71. The van der Waals surface area contributed by atoms with Gasteiger partial charge in [-0.1, -0.05) is 6.07 Å². The van der Waals surface area contributed by atoms with Gasteiger partial charge in [-0.05, 0) is 30.7 Å². The number of fused-ring (bicyclic) bond motifs is 1. The largest absolute Gasteiger partial charge is 0.504 e. The van der Waals surface area contributed by atoms with Gasteiger partial charge in [-0.3, -0.25) is 0 Å². The van der Waals surface area contributed by atoms with Crippen molar-refractivity contribution in [3.05, 3.63) is 34.5 Å². The van der Waals surface area contributed by atoms with Crippen molar-refractivity contribution in [1.82, 2.24) is 0 Å². The van der Waals surface area contributed by atoms with Gasteiger partial charge in [0.05, 0.1) is 0 Å². The average Bonchev–Trinajstić information content (AvgIpc) is 2.92. The SMILES string of the molecule is NCCc1ccc(O)c(O)c1.c1scc2c1OCCO2. The zero-order valence-electron chi connectivity index (χ0n) is 10.9. The molecule has 0 fully saturated rings. The molecular formula is C14H17NO4S. The number of hydrogen-bond donors (Lipinski definition) is 3. The Morgan fingerprint density at radius 2 is 1.70 bits per heavy atom. The predicted octanol–water partition coefficient (Wildman–Crippen LogP) is 2.12. The standard InChI is InChI=1S/C8H11NO2.C6H6O2S/c9-4-3-6-1-2-7(10)8(11)5-6;1-2-8-6-4-9-3-5(6)7-1/h1-2,5,10-11H,3-4,9H2;3-4H,1-2H2. The lowest BCUT2D eigenvalue weighted by Gasteiger charge is -2.13. The number of hydrogen-bond acceptors (Lipinski definition) is 6. The molecule has 0 bridgehead atoms. The lowest BCUT2D eigenvalue weighted by molar-refractivity contribution is 0.173. The molecule has 0 radical (unpaired) electrons. The second-order valence-electron chi connectivity index (χ2n) is 4.16. The second-order valence-corrected chi connectivity index (χ2v) is 4.90. The highest BCUT2D eigenvalue weighted by molar-refractivity contribution is 7.08. The van der Waals surface area contributed by atoms with Crippen molar-refractivity contribution in [2.45, 2.75) is 6.42 Å². The number of phenolic OH excluding ortho intramolecular Hbond substituents is 2. The number of rotatable bonds is 2.